The molecule has 3 aromatic rings. The van der Waals surface area contributed by atoms with Crippen molar-refractivity contribution in [3.05, 3.63) is 76.8 Å². The van der Waals surface area contributed by atoms with Crippen molar-refractivity contribution in [1.82, 2.24) is 9.88 Å². The van der Waals surface area contributed by atoms with Gasteiger partial charge in [-0.25, -0.2) is 4.98 Å². The molecule has 1 aliphatic heterocycles. The number of amides is 1. The van der Waals surface area contributed by atoms with Gasteiger partial charge in [0.1, 0.15) is 5.75 Å². The first-order valence-corrected chi connectivity index (χ1v) is 10.8. The van der Waals surface area contributed by atoms with Crippen molar-refractivity contribution in [1.29, 1.82) is 0 Å². The lowest BCUT2D eigenvalue weighted by atomic mass is 10.1. The molecule has 4 rings (SSSR count). The van der Waals surface area contributed by atoms with Gasteiger partial charge in [0, 0.05) is 37.4 Å². The smallest absolute Gasteiger partial charge is 0.226 e. The van der Waals surface area contributed by atoms with Crippen molar-refractivity contribution >= 4 is 22.4 Å². The van der Waals surface area contributed by atoms with E-state index in [9.17, 15) is 4.79 Å². The number of aromatic nitrogens is 1. The van der Waals surface area contributed by atoms with Gasteiger partial charge in [-0.3, -0.25) is 9.69 Å². The summed E-state index contributed by atoms with van der Waals surface area (Å²) in [5, 5.41) is 3.67. The Kier molecular flexibility index (Phi) is 6.54. The van der Waals surface area contributed by atoms with Gasteiger partial charge >= 0.3 is 0 Å². The number of carbonyl (C=O) groups excluding carboxylic acids is 1. The molecule has 5 nitrogen and oxygen atoms in total. The fraction of sp³-hybridized carbons (Fsp3) is 0.304. The Labute approximate surface area is 175 Å². The molecule has 2 heterocycles. The summed E-state index contributed by atoms with van der Waals surface area (Å²) >= 11 is 1.60. The van der Waals surface area contributed by atoms with Crippen molar-refractivity contribution in [2.75, 3.05) is 18.5 Å². The number of hydrogen-bond acceptors (Lipinski definition) is 5. The fourth-order valence-electron chi connectivity index (χ4n) is 3.40. The minimum Gasteiger partial charge on any atom is -0.494 e. The highest BCUT2D eigenvalue weighted by molar-refractivity contribution is 7.15. The van der Waals surface area contributed by atoms with Crippen LogP contribution in [0.15, 0.2) is 60.7 Å². The molecule has 0 atom stereocenters. The lowest BCUT2D eigenvalue weighted by molar-refractivity contribution is -0.116. The second kappa shape index (κ2) is 9.67. The van der Waals surface area contributed by atoms with Gasteiger partial charge in [-0.1, -0.05) is 48.5 Å². The van der Waals surface area contributed by atoms with E-state index < -0.39 is 0 Å². The molecule has 2 aromatic carbocycles. The Hall–Kier alpha value is -2.70. The van der Waals surface area contributed by atoms with Crippen LogP contribution in [-0.2, 0) is 24.3 Å². The van der Waals surface area contributed by atoms with Crippen LogP contribution in [0.25, 0.3) is 0 Å². The molecule has 0 saturated carbocycles. The van der Waals surface area contributed by atoms with E-state index in [-0.39, 0.29) is 5.91 Å². The second-order valence-corrected chi connectivity index (χ2v) is 8.23. The number of nitrogens with one attached hydrogen (secondary N) is 1. The number of ether oxygens (including phenoxy) is 1. The first-order chi connectivity index (χ1) is 14.3. The topological polar surface area (TPSA) is 54.5 Å². The van der Waals surface area contributed by atoms with Crippen LogP contribution in [0.2, 0.25) is 0 Å². The molecule has 0 spiro atoms. The van der Waals surface area contributed by atoms with Crippen LogP contribution >= 0.6 is 11.3 Å². The monoisotopic (exact) mass is 407 g/mol. The first kappa shape index (κ1) is 19.6. The molecular formula is C23H25N3O2S. The number of hydrogen-bond donors (Lipinski definition) is 1. The van der Waals surface area contributed by atoms with Crippen molar-refractivity contribution in [2.24, 2.45) is 0 Å². The predicted molar refractivity (Wildman–Crippen MR) is 116 cm³/mol. The van der Waals surface area contributed by atoms with E-state index in [1.54, 1.807) is 11.3 Å². The molecular weight excluding hydrogens is 382 g/mol. The van der Waals surface area contributed by atoms with Gasteiger partial charge in [0.25, 0.3) is 0 Å². The van der Waals surface area contributed by atoms with Crippen LogP contribution in [0, 0.1) is 0 Å². The van der Waals surface area contributed by atoms with Gasteiger partial charge in [-0.05, 0) is 24.1 Å². The highest BCUT2D eigenvalue weighted by Crippen LogP contribution is 2.29. The molecule has 0 unspecified atom stereocenters. The minimum absolute atomic E-state index is 0.00565. The van der Waals surface area contributed by atoms with Gasteiger partial charge in [0.15, 0.2) is 5.13 Å². The normalized spacial score (nSPS) is 13.7. The summed E-state index contributed by atoms with van der Waals surface area (Å²) in [5.41, 5.74) is 2.45. The van der Waals surface area contributed by atoms with Crippen molar-refractivity contribution < 1.29 is 9.53 Å². The van der Waals surface area contributed by atoms with E-state index >= 15 is 0 Å². The van der Waals surface area contributed by atoms with Crippen LogP contribution in [0.3, 0.4) is 0 Å². The zero-order chi connectivity index (χ0) is 19.9. The number of anilines is 1. The standard InChI is InChI=1S/C23H25N3O2S/c27-22(12-7-15-28-19-10-5-2-6-11-19)25-23-24-20-13-14-26(17-21(20)29-23)16-18-8-3-1-4-9-18/h1-6,8-11H,7,12-17H2,(H,24,25,27). The van der Waals surface area contributed by atoms with Crippen molar-refractivity contribution in [3.63, 3.8) is 0 Å². The van der Waals surface area contributed by atoms with Crippen LogP contribution in [-0.4, -0.2) is 28.9 Å². The van der Waals surface area contributed by atoms with Gasteiger partial charge in [-0.2, -0.15) is 0 Å². The predicted octanol–water partition coefficient (Wildman–Crippen LogP) is 4.50. The third-order valence-electron chi connectivity index (χ3n) is 4.87. The Balaban J connectivity index is 1.23. The zero-order valence-electron chi connectivity index (χ0n) is 16.3. The molecule has 0 aliphatic carbocycles. The largest absolute Gasteiger partial charge is 0.494 e. The van der Waals surface area contributed by atoms with Crippen LogP contribution in [0.1, 0.15) is 29.0 Å². The summed E-state index contributed by atoms with van der Waals surface area (Å²) in [6, 6.07) is 20.2. The maximum atomic E-state index is 12.2. The van der Waals surface area contributed by atoms with Gasteiger partial charge < -0.3 is 10.1 Å². The lowest BCUT2D eigenvalue weighted by Gasteiger charge is -2.25. The third-order valence-corrected chi connectivity index (χ3v) is 5.86. The Morgan fingerprint density at radius 3 is 2.66 bits per heavy atom. The minimum atomic E-state index is -0.00565. The first-order valence-electron chi connectivity index (χ1n) is 9.99. The number of rotatable bonds is 8. The average Bonchev–Trinajstić information content (AvgIpc) is 3.14. The summed E-state index contributed by atoms with van der Waals surface area (Å²) in [4.78, 5) is 20.6. The molecule has 0 radical (unpaired) electrons. The highest BCUT2D eigenvalue weighted by atomic mass is 32.1. The van der Waals surface area contributed by atoms with Gasteiger partial charge in [0.05, 0.1) is 12.3 Å². The molecule has 29 heavy (non-hydrogen) atoms. The summed E-state index contributed by atoms with van der Waals surface area (Å²) in [5.74, 6) is 0.828. The number of nitrogens with zero attached hydrogens (tertiary/aromatic N) is 2. The summed E-state index contributed by atoms with van der Waals surface area (Å²) < 4.78 is 5.63. The Morgan fingerprint density at radius 1 is 1.10 bits per heavy atom. The molecule has 6 heteroatoms. The summed E-state index contributed by atoms with van der Waals surface area (Å²) in [6.07, 6.45) is 2.04. The maximum absolute atomic E-state index is 12.2. The van der Waals surface area contributed by atoms with Crippen LogP contribution in [0.5, 0.6) is 5.75 Å². The Bertz CT molecular complexity index is 928. The fourth-order valence-corrected chi connectivity index (χ4v) is 4.47. The average molecular weight is 408 g/mol. The molecule has 150 valence electrons. The van der Waals surface area contributed by atoms with Gasteiger partial charge in [-0.15, -0.1) is 11.3 Å². The lowest BCUT2D eigenvalue weighted by Crippen LogP contribution is -2.29. The van der Waals surface area contributed by atoms with Crippen LogP contribution in [0.4, 0.5) is 5.13 Å². The second-order valence-electron chi connectivity index (χ2n) is 7.15. The maximum Gasteiger partial charge on any atom is 0.226 e. The summed E-state index contributed by atoms with van der Waals surface area (Å²) in [7, 11) is 0. The summed E-state index contributed by atoms with van der Waals surface area (Å²) in [6.45, 7) is 3.36. The number of fused-ring (bicyclic) bond motifs is 1. The highest BCUT2D eigenvalue weighted by Gasteiger charge is 2.21. The van der Waals surface area contributed by atoms with Crippen molar-refractivity contribution in [3.8, 4) is 5.75 Å². The van der Waals surface area contributed by atoms with E-state index in [2.05, 4.69) is 39.5 Å². The molecule has 1 aromatic heterocycles. The molecule has 1 amide bonds. The number of benzene rings is 2. The van der Waals surface area contributed by atoms with Crippen molar-refractivity contribution in [2.45, 2.75) is 32.4 Å². The quantitative estimate of drug-likeness (QED) is 0.559. The van der Waals surface area contributed by atoms with E-state index in [0.717, 1.165) is 37.5 Å². The Morgan fingerprint density at radius 2 is 1.86 bits per heavy atom. The zero-order valence-corrected chi connectivity index (χ0v) is 17.2. The molecule has 1 aliphatic rings. The molecule has 0 fully saturated rings. The van der Waals surface area contributed by atoms with E-state index in [1.165, 1.54) is 10.4 Å². The third kappa shape index (κ3) is 5.65. The number of para-hydroxylation sites is 1. The molecule has 1 N–H and O–H groups in total. The number of carbonyl (C=O) groups is 1. The molecule has 0 bridgehead atoms. The van der Waals surface area contributed by atoms with E-state index in [1.807, 2.05) is 36.4 Å². The SMILES string of the molecule is O=C(CCCOc1ccccc1)Nc1nc2c(s1)CN(Cc1ccccc1)CC2. The van der Waals surface area contributed by atoms with Gasteiger partial charge in [0.2, 0.25) is 5.91 Å². The van der Waals surface area contributed by atoms with E-state index in [4.69, 9.17) is 4.74 Å². The molecule has 0 saturated heterocycles. The van der Waals surface area contributed by atoms with Crippen LogP contribution < -0.4 is 10.1 Å². The van der Waals surface area contributed by atoms with E-state index in [0.29, 0.717) is 24.6 Å². The number of thiazole rings is 1.